The van der Waals surface area contributed by atoms with Gasteiger partial charge in [-0.2, -0.15) is 5.26 Å². The second kappa shape index (κ2) is 19.6. The van der Waals surface area contributed by atoms with Crippen molar-refractivity contribution in [3.05, 3.63) is 0 Å². The molecule has 0 aromatic rings. The van der Waals surface area contributed by atoms with Crippen LogP contribution in [0.15, 0.2) is 0 Å². The van der Waals surface area contributed by atoms with Gasteiger partial charge in [-0.05, 0) is 24.6 Å². The molecule has 1 atom stereocenters. The molecule has 0 bridgehead atoms. The largest absolute Gasteiger partial charge is 0.464 e. The summed E-state index contributed by atoms with van der Waals surface area (Å²) >= 11 is 1.25. The Morgan fingerprint density at radius 1 is 0.880 bits per heavy atom. The monoisotopic (exact) mass is 369 g/mol. The second-order valence-corrected chi connectivity index (χ2v) is 8.03. The minimum atomic E-state index is -0.0972. The Labute approximate surface area is 160 Å². The molecule has 0 aliphatic carbocycles. The summed E-state index contributed by atoms with van der Waals surface area (Å²) in [6, 6.07) is 0. The fraction of sp³-hybridized carbons (Fsp3) is 0.905. The molecule has 0 aromatic heterocycles. The number of rotatable bonds is 18. The topological polar surface area (TPSA) is 50.1 Å². The van der Waals surface area contributed by atoms with Crippen LogP contribution in [0, 0.1) is 10.7 Å². The number of ether oxygens (including phenoxy) is 1. The van der Waals surface area contributed by atoms with Gasteiger partial charge in [0, 0.05) is 6.42 Å². The highest BCUT2D eigenvalue weighted by atomic mass is 32.2. The molecule has 0 radical (unpaired) electrons. The Bertz CT molecular complexity index is 341. The lowest BCUT2D eigenvalue weighted by Crippen LogP contribution is -2.15. The van der Waals surface area contributed by atoms with E-state index in [0.717, 1.165) is 25.7 Å². The van der Waals surface area contributed by atoms with Gasteiger partial charge in [0.25, 0.3) is 0 Å². The molecule has 0 spiro atoms. The van der Waals surface area contributed by atoms with Crippen LogP contribution in [0.25, 0.3) is 0 Å². The van der Waals surface area contributed by atoms with Gasteiger partial charge < -0.3 is 4.74 Å². The zero-order valence-electron chi connectivity index (χ0n) is 16.6. The molecule has 0 fully saturated rings. The van der Waals surface area contributed by atoms with Crippen LogP contribution in [0.1, 0.15) is 110 Å². The van der Waals surface area contributed by atoms with Crippen LogP contribution in [0.2, 0.25) is 0 Å². The number of carbonyl (C=O) groups excluding carboxylic acids is 1. The number of esters is 1. The van der Waals surface area contributed by atoms with Crippen LogP contribution in [0.4, 0.5) is 0 Å². The Hall–Kier alpha value is -0.690. The number of nitriles is 1. The number of carbonyl (C=O) groups is 1. The van der Waals surface area contributed by atoms with E-state index in [0.29, 0.717) is 13.0 Å². The Balaban J connectivity index is 3.57. The van der Waals surface area contributed by atoms with Gasteiger partial charge in [0.2, 0.25) is 0 Å². The van der Waals surface area contributed by atoms with Gasteiger partial charge in [0.05, 0.1) is 5.25 Å². The van der Waals surface area contributed by atoms with E-state index in [4.69, 9.17) is 10.00 Å². The van der Waals surface area contributed by atoms with E-state index in [-0.39, 0.29) is 11.2 Å². The van der Waals surface area contributed by atoms with E-state index in [1.165, 1.54) is 76.0 Å². The third kappa shape index (κ3) is 17.9. The van der Waals surface area contributed by atoms with Gasteiger partial charge in [-0.15, -0.1) is 0 Å². The van der Waals surface area contributed by atoms with Gasteiger partial charge in [-0.1, -0.05) is 90.9 Å². The van der Waals surface area contributed by atoms with Crippen molar-refractivity contribution < 1.29 is 9.53 Å². The Kier molecular flexibility index (Phi) is 19.1. The minimum absolute atomic E-state index is 0.0972. The van der Waals surface area contributed by atoms with Crippen molar-refractivity contribution in [2.45, 2.75) is 115 Å². The maximum absolute atomic E-state index is 11.8. The van der Waals surface area contributed by atoms with Crippen LogP contribution in [-0.4, -0.2) is 17.8 Å². The summed E-state index contributed by atoms with van der Waals surface area (Å²) in [6.07, 6.45) is 17.5. The van der Waals surface area contributed by atoms with Crippen molar-refractivity contribution in [2.24, 2.45) is 0 Å². The Morgan fingerprint density at radius 2 is 1.40 bits per heavy atom. The normalized spacial score (nSPS) is 11.9. The summed E-state index contributed by atoms with van der Waals surface area (Å²) in [6.45, 7) is 4.82. The maximum Gasteiger partial charge on any atom is 0.305 e. The lowest BCUT2D eigenvalue weighted by atomic mass is 10.1. The molecule has 0 amide bonds. The molecule has 0 N–H and O–H groups in total. The lowest BCUT2D eigenvalue weighted by Gasteiger charge is -2.13. The summed E-state index contributed by atoms with van der Waals surface area (Å²) in [7, 11) is 0. The average molecular weight is 370 g/mol. The summed E-state index contributed by atoms with van der Waals surface area (Å²) in [5.74, 6) is -0.0972. The SMILES string of the molecule is CCCCCCCCCCCC(=O)OCC(CCCCCC)SC#N. The highest BCUT2D eigenvalue weighted by Crippen LogP contribution is 2.18. The molecule has 3 nitrogen and oxygen atoms in total. The molecule has 4 heteroatoms. The first-order valence-corrected chi connectivity index (χ1v) is 11.3. The van der Waals surface area contributed by atoms with Crippen LogP contribution in [0.3, 0.4) is 0 Å². The van der Waals surface area contributed by atoms with Crippen molar-refractivity contribution in [1.29, 1.82) is 5.26 Å². The molecule has 1 unspecified atom stereocenters. The zero-order chi connectivity index (χ0) is 18.6. The van der Waals surface area contributed by atoms with Crippen molar-refractivity contribution in [1.82, 2.24) is 0 Å². The zero-order valence-corrected chi connectivity index (χ0v) is 17.4. The van der Waals surface area contributed by atoms with Crippen molar-refractivity contribution in [3.63, 3.8) is 0 Å². The summed E-state index contributed by atoms with van der Waals surface area (Å²) in [5, 5.41) is 11.1. The summed E-state index contributed by atoms with van der Waals surface area (Å²) in [5.41, 5.74) is 0. The third-order valence-electron chi connectivity index (χ3n) is 4.51. The van der Waals surface area contributed by atoms with Crippen molar-refractivity contribution in [3.8, 4) is 5.40 Å². The molecule has 0 heterocycles. The quantitative estimate of drug-likeness (QED) is 0.148. The van der Waals surface area contributed by atoms with Crippen molar-refractivity contribution >= 4 is 17.7 Å². The molecule has 0 rings (SSSR count). The lowest BCUT2D eigenvalue weighted by molar-refractivity contribution is -0.143. The summed E-state index contributed by atoms with van der Waals surface area (Å²) in [4.78, 5) is 11.8. The van der Waals surface area contributed by atoms with Crippen LogP contribution in [-0.2, 0) is 9.53 Å². The number of thioether (sulfide) groups is 1. The van der Waals surface area contributed by atoms with E-state index in [9.17, 15) is 4.79 Å². The fourth-order valence-electron chi connectivity index (χ4n) is 2.89. The number of nitrogens with zero attached hydrogens (tertiary/aromatic N) is 1. The van der Waals surface area contributed by atoms with Gasteiger partial charge in [0.1, 0.15) is 12.0 Å². The molecule has 0 aromatic carbocycles. The molecular formula is C21H39NO2S. The first kappa shape index (κ1) is 24.3. The van der Waals surface area contributed by atoms with E-state index in [1.807, 2.05) is 0 Å². The van der Waals surface area contributed by atoms with Crippen LogP contribution < -0.4 is 0 Å². The average Bonchev–Trinajstić information content (AvgIpc) is 2.61. The third-order valence-corrected chi connectivity index (χ3v) is 5.32. The summed E-state index contributed by atoms with van der Waals surface area (Å²) < 4.78 is 5.37. The fourth-order valence-corrected chi connectivity index (χ4v) is 3.46. The molecule has 146 valence electrons. The van der Waals surface area contributed by atoms with Gasteiger partial charge in [0.15, 0.2) is 0 Å². The smallest absolute Gasteiger partial charge is 0.305 e. The molecule has 0 aliphatic rings. The first-order valence-electron chi connectivity index (χ1n) is 10.4. The standard InChI is InChI=1S/C21H39NO2S/c1-3-5-7-9-10-11-12-13-15-17-21(23)24-18-20(25-19-22)16-14-8-6-4-2/h20H,3-18H2,1-2H3. The van der Waals surface area contributed by atoms with Gasteiger partial charge >= 0.3 is 5.97 Å². The molecule has 25 heavy (non-hydrogen) atoms. The highest BCUT2D eigenvalue weighted by Gasteiger charge is 2.12. The predicted molar refractivity (Wildman–Crippen MR) is 109 cm³/mol. The number of thiocyanates is 1. The van der Waals surface area contributed by atoms with E-state index in [2.05, 4.69) is 19.2 Å². The number of hydrogen-bond acceptors (Lipinski definition) is 4. The van der Waals surface area contributed by atoms with E-state index >= 15 is 0 Å². The maximum atomic E-state index is 11.8. The second-order valence-electron chi connectivity index (χ2n) is 6.94. The van der Waals surface area contributed by atoms with Crippen molar-refractivity contribution in [2.75, 3.05) is 6.61 Å². The number of hydrogen-bond donors (Lipinski definition) is 0. The molecule has 0 saturated heterocycles. The Morgan fingerprint density at radius 3 is 1.96 bits per heavy atom. The minimum Gasteiger partial charge on any atom is -0.464 e. The van der Waals surface area contributed by atoms with E-state index < -0.39 is 0 Å². The molecule has 0 aliphatic heterocycles. The van der Waals surface area contributed by atoms with Crippen LogP contribution in [0.5, 0.6) is 0 Å². The van der Waals surface area contributed by atoms with Gasteiger partial charge in [-0.3, -0.25) is 4.79 Å². The van der Waals surface area contributed by atoms with E-state index in [1.54, 1.807) is 0 Å². The van der Waals surface area contributed by atoms with Gasteiger partial charge in [-0.25, -0.2) is 0 Å². The first-order chi connectivity index (χ1) is 12.2. The van der Waals surface area contributed by atoms with Crippen LogP contribution >= 0.6 is 11.8 Å². The predicted octanol–water partition coefficient (Wildman–Crippen LogP) is 7.00. The molecular weight excluding hydrogens is 330 g/mol. The highest BCUT2D eigenvalue weighted by molar-refractivity contribution is 8.04. The number of unbranched alkanes of at least 4 members (excludes halogenated alkanes) is 11. The molecule has 0 saturated carbocycles.